The quantitative estimate of drug-likeness (QED) is 0.843. The Morgan fingerprint density at radius 3 is 2.75 bits per heavy atom. The van der Waals surface area contributed by atoms with Crippen molar-refractivity contribution in [1.29, 1.82) is 0 Å². The molecule has 84 valence electrons. The Labute approximate surface area is 97.8 Å². The molecule has 16 heavy (non-hydrogen) atoms. The Kier molecular flexibility index (Phi) is 3.31. The molecular formula is C10H13N5S. The number of nitrogens with zero attached hydrogens (tertiary/aromatic N) is 3. The highest BCUT2D eigenvalue weighted by molar-refractivity contribution is 7.11. The van der Waals surface area contributed by atoms with Crippen LogP contribution in [0.3, 0.4) is 0 Å². The van der Waals surface area contributed by atoms with E-state index in [1.165, 1.54) is 11.1 Å². The predicted octanol–water partition coefficient (Wildman–Crippen LogP) is 1.69. The molecule has 0 unspecified atom stereocenters. The van der Waals surface area contributed by atoms with Crippen LogP contribution in [0, 0.1) is 0 Å². The molecule has 0 saturated carbocycles. The first-order valence-corrected chi connectivity index (χ1v) is 5.84. The summed E-state index contributed by atoms with van der Waals surface area (Å²) in [5.41, 5.74) is 5.44. The van der Waals surface area contributed by atoms with Crippen molar-refractivity contribution in [3.63, 3.8) is 0 Å². The Balaban J connectivity index is 1.94. The molecule has 0 radical (unpaired) electrons. The molecule has 0 spiro atoms. The van der Waals surface area contributed by atoms with Gasteiger partial charge in [-0.25, -0.2) is 15.0 Å². The van der Waals surface area contributed by atoms with Gasteiger partial charge in [-0.05, 0) is 6.42 Å². The van der Waals surface area contributed by atoms with E-state index in [0.29, 0.717) is 18.2 Å². The third-order valence-corrected chi connectivity index (χ3v) is 3.18. The van der Waals surface area contributed by atoms with Crippen molar-refractivity contribution in [2.45, 2.75) is 19.9 Å². The lowest BCUT2D eigenvalue weighted by Gasteiger charge is -2.01. The molecule has 0 atom stereocenters. The minimum atomic E-state index is 0.424. The van der Waals surface area contributed by atoms with E-state index in [1.54, 1.807) is 17.5 Å². The van der Waals surface area contributed by atoms with Crippen LogP contribution >= 0.6 is 11.3 Å². The molecule has 2 aromatic rings. The fraction of sp³-hybridized carbons (Fsp3) is 0.300. The average Bonchev–Trinajstić information content (AvgIpc) is 2.76. The largest absolute Gasteiger partial charge is 0.382 e. The maximum Gasteiger partial charge on any atom is 0.144 e. The number of aromatic nitrogens is 3. The minimum Gasteiger partial charge on any atom is -0.382 e. The van der Waals surface area contributed by atoms with Gasteiger partial charge in [0.1, 0.15) is 16.6 Å². The van der Waals surface area contributed by atoms with Crippen molar-refractivity contribution in [2.24, 2.45) is 0 Å². The van der Waals surface area contributed by atoms with Crippen molar-refractivity contribution >= 4 is 23.0 Å². The van der Waals surface area contributed by atoms with E-state index < -0.39 is 0 Å². The number of nitrogen functional groups attached to an aromatic ring is 1. The summed E-state index contributed by atoms with van der Waals surface area (Å²) in [6.45, 7) is 2.79. The minimum absolute atomic E-state index is 0.424. The van der Waals surface area contributed by atoms with E-state index in [4.69, 9.17) is 5.73 Å². The highest BCUT2D eigenvalue weighted by Gasteiger charge is 2.01. The lowest BCUT2D eigenvalue weighted by Crippen LogP contribution is -2.02. The van der Waals surface area contributed by atoms with Crippen molar-refractivity contribution < 1.29 is 0 Å². The molecule has 0 aliphatic carbocycles. The van der Waals surface area contributed by atoms with Gasteiger partial charge in [0.15, 0.2) is 0 Å². The molecule has 6 heteroatoms. The first kappa shape index (κ1) is 10.8. The SMILES string of the molecule is CCc1cnc(CNc2cnc(N)cn2)s1. The number of rotatable bonds is 4. The lowest BCUT2D eigenvalue weighted by molar-refractivity contribution is 1.06. The average molecular weight is 235 g/mol. The third kappa shape index (κ3) is 2.66. The van der Waals surface area contributed by atoms with Gasteiger partial charge in [-0.1, -0.05) is 6.92 Å². The molecule has 2 heterocycles. The fourth-order valence-corrected chi connectivity index (χ4v) is 1.99. The molecule has 0 amide bonds. The van der Waals surface area contributed by atoms with Crippen LogP contribution in [0.1, 0.15) is 16.8 Å². The molecule has 3 N–H and O–H groups in total. The maximum atomic E-state index is 5.44. The molecule has 0 aliphatic rings. The van der Waals surface area contributed by atoms with Crippen LogP contribution < -0.4 is 11.1 Å². The maximum absolute atomic E-state index is 5.44. The summed E-state index contributed by atoms with van der Waals surface area (Å²) in [4.78, 5) is 13.6. The topological polar surface area (TPSA) is 76.7 Å². The molecular weight excluding hydrogens is 222 g/mol. The van der Waals surface area contributed by atoms with Crippen molar-refractivity contribution in [3.8, 4) is 0 Å². The van der Waals surface area contributed by atoms with Gasteiger partial charge in [0, 0.05) is 11.1 Å². The second kappa shape index (κ2) is 4.89. The summed E-state index contributed by atoms with van der Waals surface area (Å²) in [6, 6.07) is 0. The van der Waals surface area contributed by atoms with Crippen LogP contribution in [0.25, 0.3) is 0 Å². The summed E-state index contributed by atoms with van der Waals surface area (Å²) in [5.74, 6) is 1.13. The van der Waals surface area contributed by atoms with E-state index in [0.717, 1.165) is 11.4 Å². The van der Waals surface area contributed by atoms with Crippen LogP contribution in [-0.4, -0.2) is 15.0 Å². The van der Waals surface area contributed by atoms with Crippen molar-refractivity contribution in [3.05, 3.63) is 28.5 Å². The molecule has 5 nitrogen and oxygen atoms in total. The van der Waals surface area contributed by atoms with Crippen LogP contribution in [-0.2, 0) is 13.0 Å². The van der Waals surface area contributed by atoms with Crippen LogP contribution in [0.2, 0.25) is 0 Å². The molecule has 0 saturated heterocycles. The van der Waals surface area contributed by atoms with Gasteiger partial charge in [0.05, 0.1) is 18.9 Å². The van der Waals surface area contributed by atoms with E-state index in [-0.39, 0.29) is 0 Å². The van der Waals surface area contributed by atoms with Gasteiger partial charge in [0.25, 0.3) is 0 Å². The summed E-state index contributed by atoms with van der Waals surface area (Å²) in [6.07, 6.45) is 6.08. The number of aryl methyl sites for hydroxylation is 1. The number of hydrogen-bond donors (Lipinski definition) is 2. The zero-order chi connectivity index (χ0) is 11.4. The van der Waals surface area contributed by atoms with Crippen molar-refractivity contribution in [2.75, 3.05) is 11.1 Å². The fourth-order valence-electron chi connectivity index (χ4n) is 1.19. The Bertz CT molecular complexity index is 450. The molecule has 0 aliphatic heterocycles. The Morgan fingerprint density at radius 2 is 2.12 bits per heavy atom. The predicted molar refractivity (Wildman–Crippen MR) is 65.3 cm³/mol. The number of hydrogen-bond acceptors (Lipinski definition) is 6. The number of nitrogens with one attached hydrogen (secondary N) is 1. The highest BCUT2D eigenvalue weighted by Crippen LogP contribution is 2.14. The Morgan fingerprint density at radius 1 is 1.25 bits per heavy atom. The summed E-state index contributed by atoms with van der Waals surface area (Å²) in [5, 5.41) is 4.20. The number of anilines is 2. The van der Waals surface area contributed by atoms with Gasteiger partial charge in [0.2, 0.25) is 0 Å². The van der Waals surface area contributed by atoms with Gasteiger partial charge < -0.3 is 11.1 Å². The van der Waals surface area contributed by atoms with Crippen LogP contribution in [0.4, 0.5) is 11.6 Å². The van der Waals surface area contributed by atoms with Gasteiger partial charge in [-0.2, -0.15) is 0 Å². The standard InChI is InChI=1S/C10H13N5S/c1-2-7-3-15-10(16-7)6-14-9-5-12-8(11)4-13-9/h3-5H,2,6H2,1H3,(H2,11,12)(H,13,14). The van der Waals surface area contributed by atoms with Crippen molar-refractivity contribution in [1.82, 2.24) is 15.0 Å². The van der Waals surface area contributed by atoms with E-state index in [2.05, 4.69) is 27.2 Å². The highest BCUT2D eigenvalue weighted by atomic mass is 32.1. The second-order valence-electron chi connectivity index (χ2n) is 3.25. The second-order valence-corrected chi connectivity index (χ2v) is 4.45. The first-order valence-electron chi connectivity index (χ1n) is 5.03. The first-order chi connectivity index (χ1) is 7.78. The lowest BCUT2D eigenvalue weighted by atomic mass is 10.4. The van der Waals surface area contributed by atoms with Gasteiger partial charge >= 0.3 is 0 Å². The van der Waals surface area contributed by atoms with Crippen LogP contribution in [0.15, 0.2) is 18.6 Å². The monoisotopic (exact) mass is 235 g/mol. The molecule has 2 aromatic heterocycles. The smallest absolute Gasteiger partial charge is 0.144 e. The molecule has 0 aromatic carbocycles. The van der Waals surface area contributed by atoms with E-state index >= 15 is 0 Å². The Hall–Kier alpha value is -1.69. The molecule has 0 fully saturated rings. The third-order valence-electron chi connectivity index (χ3n) is 2.04. The normalized spacial score (nSPS) is 10.3. The van der Waals surface area contributed by atoms with Gasteiger partial charge in [-0.15, -0.1) is 11.3 Å². The molecule has 0 bridgehead atoms. The zero-order valence-electron chi connectivity index (χ0n) is 8.97. The molecule has 2 rings (SSSR count). The van der Waals surface area contributed by atoms with Crippen LogP contribution in [0.5, 0.6) is 0 Å². The van der Waals surface area contributed by atoms with E-state index in [9.17, 15) is 0 Å². The van der Waals surface area contributed by atoms with E-state index in [1.807, 2.05) is 6.20 Å². The summed E-state index contributed by atoms with van der Waals surface area (Å²) < 4.78 is 0. The zero-order valence-corrected chi connectivity index (χ0v) is 9.79. The number of thiazole rings is 1. The number of nitrogens with two attached hydrogens (primary N) is 1. The summed E-state index contributed by atoms with van der Waals surface area (Å²) in [7, 11) is 0. The summed E-state index contributed by atoms with van der Waals surface area (Å²) >= 11 is 1.71. The van der Waals surface area contributed by atoms with Gasteiger partial charge in [-0.3, -0.25) is 0 Å².